The molecule has 0 aliphatic carbocycles. The van der Waals surface area contributed by atoms with E-state index in [1.165, 1.54) is 4.57 Å². The number of hydrogen-bond acceptors (Lipinski definition) is 4. The number of aromatic nitrogens is 7. The molecule has 9 heteroatoms. The Morgan fingerprint density at radius 3 is 2.57 bits per heavy atom. The summed E-state index contributed by atoms with van der Waals surface area (Å²) in [5.41, 5.74) is 2.67. The van der Waals surface area contributed by atoms with Crippen LogP contribution in [0, 0.1) is 0 Å². The van der Waals surface area contributed by atoms with E-state index in [4.69, 9.17) is 0 Å². The number of aromatic amines is 3. The molecule has 4 aromatic rings. The molecule has 0 bridgehead atoms. The third-order valence-corrected chi connectivity index (χ3v) is 4.67. The van der Waals surface area contributed by atoms with Gasteiger partial charge in [-0.2, -0.15) is 5.10 Å². The Morgan fingerprint density at radius 2 is 1.86 bits per heavy atom. The van der Waals surface area contributed by atoms with Crippen molar-refractivity contribution in [2.75, 3.05) is 0 Å². The topological polar surface area (TPSA) is 117 Å². The van der Waals surface area contributed by atoms with Crippen LogP contribution in [0.1, 0.15) is 38.1 Å². The van der Waals surface area contributed by atoms with Crippen molar-refractivity contribution in [3.8, 4) is 11.5 Å². The molecule has 0 amide bonds. The average molecular weight is 381 g/mol. The predicted molar refractivity (Wildman–Crippen MR) is 106 cm³/mol. The van der Waals surface area contributed by atoms with Crippen LogP contribution in [0.3, 0.4) is 0 Å². The lowest BCUT2D eigenvalue weighted by Crippen LogP contribution is -2.40. The van der Waals surface area contributed by atoms with Crippen molar-refractivity contribution in [1.82, 2.24) is 34.3 Å². The van der Waals surface area contributed by atoms with Crippen LogP contribution in [0.25, 0.3) is 22.7 Å². The molecular weight excluding hydrogens is 358 g/mol. The highest BCUT2D eigenvalue weighted by atomic mass is 16.2. The Kier molecular flexibility index (Phi) is 4.72. The van der Waals surface area contributed by atoms with Crippen molar-refractivity contribution in [2.24, 2.45) is 0 Å². The van der Waals surface area contributed by atoms with E-state index in [1.807, 2.05) is 38.2 Å². The number of imidazole rings is 1. The number of fused-ring (bicyclic) bond motifs is 1. The molecule has 0 saturated carbocycles. The quantitative estimate of drug-likeness (QED) is 0.454. The first-order valence-corrected chi connectivity index (χ1v) is 9.52. The van der Waals surface area contributed by atoms with Gasteiger partial charge in [0.1, 0.15) is 11.2 Å². The van der Waals surface area contributed by atoms with Crippen molar-refractivity contribution in [1.29, 1.82) is 0 Å². The molecule has 4 rings (SSSR count). The summed E-state index contributed by atoms with van der Waals surface area (Å²) in [6.07, 6.45) is 4.03. The zero-order chi connectivity index (χ0) is 19.7. The SMILES string of the molecule is CCCn1c(=O)c2[nH]c(-c3cc(Cc4ccc[nH]4)[nH]n3)nc2n(CCC)c1=O. The monoisotopic (exact) mass is 381 g/mol. The Bertz CT molecular complexity index is 1210. The van der Waals surface area contributed by atoms with Gasteiger partial charge in [-0.1, -0.05) is 13.8 Å². The smallest absolute Gasteiger partial charge is 0.332 e. The highest BCUT2D eigenvalue weighted by Crippen LogP contribution is 2.18. The lowest BCUT2D eigenvalue weighted by atomic mass is 10.2. The summed E-state index contributed by atoms with van der Waals surface area (Å²) in [5.74, 6) is 0.472. The van der Waals surface area contributed by atoms with Crippen LogP contribution in [-0.2, 0) is 19.5 Å². The lowest BCUT2D eigenvalue weighted by molar-refractivity contribution is 0.555. The number of aryl methyl sites for hydroxylation is 1. The van der Waals surface area contributed by atoms with Gasteiger partial charge in [-0.25, -0.2) is 9.78 Å². The van der Waals surface area contributed by atoms with E-state index in [-0.39, 0.29) is 11.2 Å². The van der Waals surface area contributed by atoms with Crippen molar-refractivity contribution < 1.29 is 0 Å². The van der Waals surface area contributed by atoms with E-state index >= 15 is 0 Å². The van der Waals surface area contributed by atoms with E-state index in [1.54, 1.807) is 4.57 Å². The molecule has 0 radical (unpaired) electrons. The first-order valence-electron chi connectivity index (χ1n) is 9.52. The van der Waals surface area contributed by atoms with Gasteiger partial charge in [0, 0.05) is 37.1 Å². The van der Waals surface area contributed by atoms with Crippen LogP contribution in [0.2, 0.25) is 0 Å². The molecule has 4 aromatic heterocycles. The van der Waals surface area contributed by atoms with Crippen molar-refractivity contribution in [3.63, 3.8) is 0 Å². The summed E-state index contributed by atoms with van der Waals surface area (Å²) < 4.78 is 2.85. The molecule has 0 spiro atoms. The largest absolute Gasteiger partial charge is 0.365 e. The van der Waals surface area contributed by atoms with Crippen molar-refractivity contribution in [2.45, 2.75) is 46.2 Å². The van der Waals surface area contributed by atoms with Gasteiger partial charge in [0.05, 0.1) is 0 Å². The first-order chi connectivity index (χ1) is 13.6. The van der Waals surface area contributed by atoms with E-state index < -0.39 is 0 Å². The van der Waals surface area contributed by atoms with Gasteiger partial charge in [-0.05, 0) is 31.0 Å². The fourth-order valence-electron chi connectivity index (χ4n) is 3.39. The van der Waals surface area contributed by atoms with Gasteiger partial charge in [0.25, 0.3) is 5.56 Å². The van der Waals surface area contributed by atoms with Crippen LogP contribution in [-0.4, -0.2) is 34.3 Å². The molecule has 0 aliphatic rings. The van der Waals surface area contributed by atoms with Crippen LogP contribution < -0.4 is 11.2 Å². The minimum Gasteiger partial charge on any atom is -0.365 e. The fraction of sp³-hybridized carbons (Fsp3) is 0.368. The minimum absolute atomic E-state index is 0.311. The fourth-order valence-corrected chi connectivity index (χ4v) is 3.39. The van der Waals surface area contributed by atoms with Gasteiger partial charge in [0.15, 0.2) is 11.5 Å². The second-order valence-electron chi connectivity index (χ2n) is 6.83. The normalized spacial score (nSPS) is 11.5. The summed E-state index contributed by atoms with van der Waals surface area (Å²) in [5, 5.41) is 7.32. The summed E-state index contributed by atoms with van der Waals surface area (Å²) in [6, 6.07) is 5.84. The molecule has 0 atom stereocenters. The third kappa shape index (κ3) is 3.08. The van der Waals surface area contributed by atoms with E-state index in [2.05, 4.69) is 25.1 Å². The maximum absolute atomic E-state index is 12.8. The zero-order valence-electron chi connectivity index (χ0n) is 16.0. The third-order valence-electron chi connectivity index (χ3n) is 4.67. The Hall–Kier alpha value is -3.36. The Labute approximate surface area is 160 Å². The van der Waals surface area contributed by atoms with Gasteiger partial charge < -0.3 is 9.97 Å². The second kappa shape index (κ2) is 7.34. The number of hydrogen-bond donors (Lipinski definition) is 3. The number of nitrogens with one attached hydrogen (secondary N) is 3. The molecule has 0 fully saturated rings. The Morgan fingerprint density at radius 1 is 1.07 bits per heavy atom. The van der Waals surface area contributed by atoms with E-state index in [0.717, 1.165) is 17.8 Å². The molecule has 146 valence electrons. The molecule has 0 aliphatic heterocycles. The molecular formula is C19H23N7O2. The van der Waals surface area contributed by atoms with E-state index in [0.29, 0.717) is 48.6 Å². The molecule has 0 aromatic carbocycles. The van der Waals surface area contributed by atoms with Crippen LogP contribution >= 0.6 is 0 Å². The maximum atomic E-state index is 12.8. The summed E-state index contributed by atoms with van der Waals surface area (Å²) in [6.45, 7) is 4.81. The predicted octanol–water partition coefficient (Wildman–Crippen LogP) is 2.02. The van der Waals surface area contributed by atoms with E-state index in [9.17, 15) is 9.59 Å². The molecule has 0 unspecified atom stereocenters. The Balaban J connectivity index is 1.80. The highest BCUT2D eigenvalue weighted by molar-refractivity contribution is 5.74. The van der Waals surface area contributed by atoms with Crippen LogP contribution in [0.5, 0.6) is 0 Å². The average Bonchev–Trinajstić information content (AvgIpc) is 3.43. The van der Waals surface area contributed by atoms with Gasteiger partial charge >= 0.3 is 5.69 Å². The first kappa shape index (κ1) is 18.0. The van der Waals surface area contributed by atoms with Gasteiger partial charge in [0.2, 0.25) is 0 Å². The second-order valence-corrected chi connectivity index (χ2v) is 6.83. The van der Waals surface area contributed by atoms with Crippen molar-refractivity contribution in [3.05, 3.63) is 56.6 Å². The summed E-state index contributed by atoms with van der Waals surface area (Å²) in [7, 11) is 0. The lowest BCUT2D eigenvalue weighted by Gasteiger charge is -2.09. The molecule has 28 heavy (non-hydrogen) atoms. The molecule has 3 N–H and O–H groups in total. The van der Waals surface area contributed by atoms with Crippen molar-refractivity contribution >= 4 is 11.2 Å². The van der Waals surface area contributed by atoms with Crippen LogP contribution in [0.15, 0.2) is 34.0 Å². The molecule has 9 nitrogen and oxygen atoms in total. The highest BCUT2D eigenvalue weighted by Gasteiger charge is 2.18. The number of H-pyrrole nitrogens is 3. The standard InChI is InChI=1S/C19H23N7O2/c1-3-8-25-17-15(18(27)26(9-4-2)19(25)28)21-16(22-17)14-11-13(23-24-14)10-12-6-5-7-20-12/h5-7,11,20H,3-4,8-10H2,1-2H3,(H,21,22)(H,23,24). The molecule has 4 heterocycles. The maximum Gasteiger partial charge on any atom is 0.332 e. The zero-order valence-corrected chi connectivity index (χ0v) is 16.0. The van der Waals surface area contributed by atoms with Gasteiger partial charge in [-0.3, -0.25) is 19.0 Å². The number of rotatable bonds is 7. The summed E-state index contributed by atoms with van der Waals surface area (Å²) >= 11 is 0. The number of nitrogens with zero attached hydrogens (tertiary/aromatic N) is 4. The summed E-state index contributed by atoms with van der Waals surface area (Å²) in [4.78, 5) is 36.3. The molecule has 0 saturated heterocycles. The van der Waals surface area contributed by atoms with Crippen LogP contribution in [0.4, 0.5) is 0 Å². The van der Waals surface area contributed by atoms with Gasteiger partial charge in [-0.15, -0.1) is 0 Å². The minimum atomic E-state index is -0.338.